The van der Waals surface area contributed by atoms with Crippen molar-refractivity contribution in [1.29, 1.82) is 0 Å². The van der Waals surface area contributed by atoms with E-state index in [4.69, 9.17) is 10.5 Å². The Bertz CT molecular complexity index is 582. The largest absolute Gasteiger partial charge is 0.494 e. The number of aromatic nitrogens is 2. The lowest BCUT2D eigenvalue weighted by Crippen LogP contribution is -2.13. The Balaban J connectivity index is 2.26. The number of benzene rings is 1. The number of carbonyl (C=O) groups is 1. The Kier molecular flexibility index (Phi) is 3.42. The summed E-state index contributed by atoms with van der Waals surface area (Å²) in [4.78, 5) is 16.1. The molecule has 18 heavy (non-hydrogen) atoms. The molecule has 2 aromatic rings. The van der Waals surface area contributed by atoms with Crippen LogP contribution in [0, 0.1) is 6.92 Å². The van der Waals surface area contributed by atoms with Gasteiger partial charge in [0.25, 0.3) is 5.91 Å². The van der Waals surface area contributed by atoms with Crippen molar-refractivity contribution in [1.82, 2.24) is 9.36 Å². The number of rotatable bonds is 3. The van der Waals surface area contributed by atoms with E-state index in [0.29, 0.717) is 28.0 Å². The highest BCUT2D eigenvalue weighted by Crippen LogP contribution is 2.26. The van der Waals surface area contributed by atoms with E-state index < -0.39 is 0 Å². The second kappa shape index (κ2) is 5.01. The zero-order chi connectivity index (χ0) is 13.1. The Morgan fingerprint density at radius 3 is 2.89 bits per heavy atom. The fourth-order valence-electron chi connectivity index (χ4n) is 1.47. The van der Waals surface area contributed by atoms with Gasteiger partial charge in [-0.25, -0.2) is 4.98 Å². The molecule has 0 aliphatic rings. The van der Waals surface area contributed by atoms with Crippen molar-refractivity contribution in [2.75, 3.05) is 18.2 Å². The van der Waals surface area contributed by atoms with Gasteiger partial charge in [0.15, 0.2) is 5.75 Å². The molecule has 0 spiro atoms. The fourth-order valence-corrected chi connectivity index (χ4v) is 2.04. The van der Waals surface area contributed by atoms with Crippen LogP contribution in [0.4, 0.5) is 10.8 Å². The number of nitrogen functional groups attached to an aromatic ring is 1. The van der Waals surface area contributed by atoms with Gasteiger partial charge in [0.1, 0.15) is 5.82 Å². The van der Waals surface area contributed by atoms with E-state index in [1.807, 2.05) is 0 Å². The quantitative estimate of drug-likeness (QED) is 0.823. The summed E-state index contributed by atoms with van der Waals surface area (Å²) in [5.74, 6) is 0.654. The molecule has 0 aliphatic carbocycles. The average Bonchev–Trinajstić information content (AvgIpc) is 2.74. The minimum atomic E-state index is -0.324. The van der Waals surface area contributed by atoms with E-state index >= 15 is 0 Å². The smallest absolute Gasteiger partial charge is 0.261 e. The van der Waals surface area contributed by atoms with Crippen LogP contribution in [-0.2, 0) is 0 Å². The highest BCUT2D eigenvalue weighted by molar-refractivity contribution is 7.09. The van der Waals surface area contributed by atoms with Crippen LogP contribution in [0.25, 0.3) is 0 Å². The molecule has 0 saturated carbocycles. The van der Waals surface area contributed by atoms with Gasteiger partial charge in [-0.05, 0) is 19.1 Å². The van der Waals surface area contributed by atoms with E-state index in [1.54, 1.807) is 25.1 Å². The molecule has 0 aliphatic heterocycles. The van der Waals surface area contributed by atoms with E-state index in [2.05, 4.69) is 14.7 Å². The summed E-state index contributed by atoms with van der Waals surface area (Å²) in [7, 11) is 1.47. The predicted octanol–water partition coefficient (Wildman–Crippen LogP) is 1.69. The zero-order valence-electron chi connectivity index (χ0n) is 9.93. The van der Waals surface area contributed by atoms with Crippen molar-refractivity contribution in [3.05, 3.63) is 29.6 Å². The number of methoxy groups -OCH3 is 1. The number of nitrogens with zero attached hydrogens (tertiary/aromatic N) is 2. The Labute approximate surface area is 108 Å². The summed E-state index contributed by atoms with van der Waals surface area (Å²) < 4.78 is 9.11. The first kappa shape index (κ1) is 12.3. The predicted molar refractivity (Wildman–Crippen MR) is 70.0 cm³/mol. The molecule has 6 nitrogen and oxygen atoms in total. The summed E-state index contributed by atoms with van der Waals surface area (Å²) in [6.45, 7) is 1.76. The van der Waals surface area contributed by atoms with Crippen molar-refractivity contribution in [2.24, 2.45) is 0 Å². The van der Waals surface area contributed by atoms with Crippen LogP contribution in [0.15, 0.2) is 18.2 Å². The van der Waals surface area contributed by atoms with Gasteiger partial charge in [0, 0.05) is 11.5 Å². The molecule has 0 saturated heterocycles. The fraction of sp³-hybridized carbons (Fsp3) is 0.182. The summed E-state index contributed by atoms with van der Waals surface area (Å²) in [5.41, 5.74) is 6.52. The maximum absolute atomic E-state index is 12.0. The summed E-state index contributed by atoms with van der Waals surface area (Å²) in [6.07, 6.45) is 0. The van der Waals surface area contributed by atoms with Gasteiger partial charge >= 0.3 is 0 Å². The molecule has 0 atom stereocenters. The van der Waals surface area contributed by atoms with Gasteiger partial charge in [0.05, 0.1) is 18.4 Å². The molecule has 1 aromatic heterocycles. The maximum Gasteiger partial charge on any atom is 0.261 e. The number of anilines is 2. The SMILES string of the molecule is COc1c(N)cccc1C(=O)Nc1nc(C)ns1. The molecule has 0 bridgehead atoms. The maximum atomic E-state index is 12.0. The van der Waals surface area contributed by atoms with Gasteiger partial charge in [-0.3, -0.25) is 10.1 Å². The number of aryl methyl sites for hydroxylation is 1. The van der Waals surface area contributed by atoms with Crippen molar-refractivity contribution in [3.8, 4) is 5.75 Å². The molecule has 2 rings (SSSR count). The standard InChI is InChI=1S/C11H12N4O2S/c1-6-13-11(18-15-6)14-10(16)7-4-3-5-8(12)9(7)17-2/h3-5H,12H2,1-2H3,(H,13,14,15,16). The number of para-hydroxylation sites is 1. The van der Waals surface area contributed by atoms with Gasteiger partial charge in [0.2, 0.25) is 5.13 Å². The highest BCUT2D eigenvalue weighted by Gasteiger charge is 2.15. The van der Waals surface area contributed by atoms with Gasteiger partial charge in [-0.15, -0.1) is 0 Å². The molecule has 1 heterocycles. The lowest BCUT2D eigenvalue weighted by Gasteiger charge is -2.09. The number of hydrogen-bond donors (Lipinski definition) is 2. The third kappa shape index (κ3) is 2.40. The lowest BCUT2D eigenvalue weighted by atomic mass is 10.1. The molecule has 1 amide bonds. The number of hydrogen-bond acceptors (Lipinski definition) is 6. The summed E-state index contributed by atoms with van der Waals surface area (Å²) in [6, 6.07) is 5.00. The average molecular weight is 264 g/mol. The van der Waals surface area contributed by atoms with Crippen LogP contribution in [0.5, 0.6) is 5.75 Å². The number of amides is 1. The molecule has 0 fully saturated rings. The van der Waals surface area contributed by atoms with E-state index in [0.717, 1.165) is 11.5 Å². The highest BCUT2D eigenvalue weighted by atomic mass is 32.1. The second-order valence-electron chi connectivity index (χ2n) is 3.53. The van der Waals surface area contributed by atoms with Crippen molar-refractivity contribution < 1.29 is 9.53 Å². The molecule has 0 unspecified atom stereocenters. The Morgan fingerprint density at radius 1 is 1.50 bits per heavy atom. The van der Waals surface area contributed by atoms with Crippen LogP contribution >= 0.6 is 11.5 Å². The van der Waals surface area contributed by atoms with Crippen LogP contribution < -0.4 is 15.8 Å². The second-order valence-corrected chi connectivity index (χ2v) is 4.28. The normalized spacial score (nSPS) is 10.1. The van der Waals surface area contributed by atoms with E-state index in [9.17, 15) is 4.79 Å². The Hall–Kier alpha value is -2.15. The van der Waals surface area contributed by atoms with Crippen LogP contribution in [0.1, 0.15) is 16.2 Å². The van der Waals surface area contributed by atoms with Crippen molar-refractivity contribution >= 4 is 28.3 Å². The number of ether oxygens (including phenoxy) is 1. The minimum absolute atomic E-state index is 0.324. The molecular formula is C11H12N4O2S. The van der Waals surface area contributed by atoms with Gasteiger partial charge in [-0.1, -0.05) is 6.07 Å². The van der Waals surface area contributed by atoms with Crippen LogP contribution in [0.3, 0.4) is 0 Å². The van der Waals surface area contributed by atoms with E-state index in [-0.39, 0.29) is 5.91 Å². The summed E-state index contributed by atoms with van der Waals surface area (Å²) >= 11 is 1.13. The minimum Gasteiger partial charge on any atom is -0.494 e. The first-order valence-corrected chi connectivity index (χ1v) is 5.93. The third-order valence-corrected chi connectivity index (χ3v) is 2.96. The number of nitrogens with one attached hydrogen (secondary N) is 1. The van der Waals surface area contributed by atoms with Crippen LogP contribution in [0.2, 0.25) is 0 Å². The first-order valence-electron chi connectivity index (χ1n) is 5.16. The number of nitrogens with two attached hydrogens (primary N) is 1. The molecule has 7 heteroatoms. The molecule has 0 radical (unpaired) electrons. The Morgan fingerprint density at radius 2 is 2.28 bits per heavy atom. The molecular weight excluding hydrogens is 252 g/mol. The number of carbonyl (C=O) groups excluding carboxylic acids is 1. The van der Waals surface area contributed by atoms with E-state index in [1.165, 1.54) is 7.11 Å². The third-order valence-electron chi connectivity index (χ3n) is 2.24. The molecule has 3 N–H and O–H groups in total. The zero-order valence-corrected chi connectivity index (χ0v) is 10.7. The van der Waals surface area contributed by atoms with Gasteiger partial charge in [-0.2, -0.15) is 4.37 Å². The lowest BCUT2D eigenvalue weighted by molar-refractivity contribution is 0.102. The summed E-state index contributed by atoms with van der Waals surface area (Å²) in [5, 5.41) is 3.10. The van der Waals surface area contributed by atoms with Gasteiger partial charge < -0.3 is 10.5 Å². The van der Waals surface area contributed by atoms with Crippen molar-refractivity contribution in [3.63, 3.8) is 0 Å². The first-order chi connectivity index (χ1) is 8.61. The van der Waals surface area contributed by atoms with Crippen LogP contribution in [-0.4, -0.2) is 22.4 Å². The monoisotopic (exact) mass is 264 g/mol. The van der Waals surface area contributed by atoms with Crippen molar-refractivity contribution in [2.45, 2.75) is 6.92 Å². The molecule has 94 valence electrons. The molecule has 1 aromatic carbocycles. The topological polar surface area (TPSA) is 90.1 Å².